The Balaban J connectivity index is 3.25. The number of nitrogens with zero attached hydrogens (tertiary/aromatic N) is 4. The molecule has 1 atom stereocenters. The summed E-state index contributed by atoms with van der Waals surface area (Å²) >= 11 is 0. The Labute approximate surface area is 127 Å². The molecule has 0 aliphatic carbocycles. The van der Waals surface area contributed by atoms with Gasteiger partial charge in [-0.3, -0.25) is 0 Å². The van der Waals surface area contributed by atoms with Crippen molar-refractivity contribution in [1.82, 2.24) is 9.97 Å². The van der Waals surface area contributed by atoms with Crippen LogP contribution in [0.5, 0.6) is 0 Å². The number of alkyl halides is 3. The number of aromatic nitrogens is 2. The second-order valence-corrected chi connectivity index (χ2v) is 7.54. The van der Waals surface area contributed by atoms with Crippen molar-refractivity contribution in [3.05, 3.63) is 11.8 Å². The van der Waals surface area contributed by atoms with Gasteiger partial charge in [0.1, 0.15) is 15.7 Å². The lowest BCUT2D eigenvalue weighted by Crippen LogP contribution is -2.36. The van der Waals surface area contributed by atoms with Crippen LogP contribution in [0.25, 0.3) is 0 Å². The van der Waals surface area contributed by atoms with Crippen molar-refractivity contribution < 1.29 is 21.6 Å². The van der Waals surface area contributed by atoms with Crippen LogP contribution in [-0.2, 0) is 16.0 Å². The molecule has 10 heteroatoms. The molecule has 0 aliphatic rings. The Bertz CT molecular complexity index is 632. The van der Waals surface area contributed by atoms with Gasteiger partial charge in [-0.2, -0.15) is 18.2 Å². The summed E-state index contributed by atoms with van der Waals surface area (Å²) in [5.74, 6) is -0.286. The summed E-state index contributed by atoms with van der Waals surface area (Å²) in [5, 5.41) is 0. The number of anilines is 2. The first kappa shape index (κ1) is 18.5. The summed E-state index contributed by atoms with van der Waals surface area (Å²) in [6.45, 7) is 1.58. The van der Waals surface area contributed by atoms with Gasteiger partial charge >= 0.3 is 6.18 Å². The molecule has 0 spiro atoms. The topological polar surface area (TPSA) is 66.4 Å². The van der Waals surface area contributed by atoms with E-state index in [1.807, 2.05) is 0 Å². The van der Waals surface area contributed by atoms with Crippen LogP contribution < -0.4 is 9.80 Å². The molecule has 0 aliphatic heterocycles. The number of sulfone groups is 1. The third-order valence-corrected chi connectivity index (χ3v) is 4.06. The lowest BCUT2D eigenvalue weighted by atomic mass is 10.3. The highest BCUT2D eigenvalue weighted by Crippen LogP contribution is 2.31. The molecule has 0 saturated heterocycles. The first-order chi connectivity index (χ1) is 9.81. The molecule has 1 aromatic heterocycles. The molecule has 1 aromatic rings. The predicted molar refractivity (Wildman–Crippen MR) is 78.9 cm³/mol. The van der Waals surface area contributed by atoms with Crippen LogP contribution in [0.2, 0.25) is 0 Å². The number of hydrogen-bond donors (Lipinski definition) is 0. The molecule has 1 heterocycles. The molecule has 1 rings (SSSR count). The summed E-state index contributed by atoms with van der Waals surface area (Å²) in [7, 11) is 1.32. The minimum absolute atomic E-state index is 0.0933. The second kappa shape index (κ2) is 6.27. The fourth-order valence-corrected chi connectivity index (χ4v) is 2.80. The van der Waals surface area contributed by atoms with E-state index in [2.05, 4.69) is 9.97 Å². The normalized spacial score (nSPS) is 13.8. The van der Waals surface area contributed by atoms with Crippen molar-refractivity contribution in [2.45, 2.75) is 19.1 Å². The monoisotopic (exact) mass is 340 g/mol. The SMILES string of the molecule is C[C@@H](CS(C)(=O)=O)N(C)c1nc(N(C)C)cc(C(F)(F)F)n1. The van der Waals surface area contributed by atoms with Crippen molar-refractivity contribution in [1.29, 1.82) is 0 Å². The van der Waals surface area contributed by atoms with Crippen LogP contribution in [0, 0.1) is 0 Å². The molecular weight excluding hydrogens is 321 g/mol. The Morgan fingerprint density at radius 2 is 1.77 bits per heavy atom. The zero-order valence-corrected chi connectivity index (χ0v) is 13.8. The highest BCUT2D eigenvalue weighted by molar-refractivity contribution is 7.90. The van der Waals surface area contributed by atoms with Gasteiger partial charge in [0, 0.05) is 39.5 Å². The first-order valence-electron chi connectivity index (χ1n) is 6.35. The molecule has 126 valence electrons. The van der Waals surface area contributed by atoms with Crippen molar-refractivity contribution >= 4 is 21.6 Å². The Morgan fingerprint density at radius 3 is 2.18 bits per heavy atom. The zero-order chi connectivity index (χ0) is 17.3. The molecule has 0 unspecified atom stereocenters. The van der Waals surface area contributed by atoms with Crippen molar-refractivity contribution in [2.24, 2.45) is 0 Å². The van der Waals surface area contributed by atoms with E-state index in [1.54, 1.807) is 21.0 Å². The van der Waals surface area contributed by atoms with E-state index in [0.717, 1.165) is 12.3 Å². The smallest absolute Gasteiger partial charge is 0.363 e. The van der Waals surface area contributed by atoms with E-state index in [4.69, 9.17) is 0 Å². The predicted octanol–water partition coefficient (Wildman–Crippen LogP) is 1.43. The summed E-state index contributed by atoms with van der Waals surface area (Å²) in [4.78, 5) is 10.3. The van der Waals surface area contributed by atoms with Crippen molar-refractivity contribution in [2.75, 3.05) is 43.0 Å². The Morgan fingerprint density at radius 1 is 1.23 bits per heavy atom. The minimum atomic E-state index is -4.61. The Hall–Kier alpha value is -1.58. The second-order valence-electron chi connectivity index (χ2n) is 5.36. The highest BCUT2D eigenvalue weighted by atomic mass is 32.2. The third-order valence-electron chi connectivity index (χ3n) is 2.97. The molecule has 0 radical (unpaired) electrons. The third kappa shape index (κ3) is 5.00. The van der Waals surface area contributed by atoms with E-state index in [1.165, 1.54) is 16.8 Å². The van der Waals surface area contributed by atoms with E-state index in [-0.39, 0.29) is 17.5 Å². The molecule has 0 fully saturated rings. The Kier molecular flexibility index (Phi) is 5.26. The van der Waals surface area contributed by atoms with Crippen molar-refractivity contribution in [3.63, 3.8) is 0 Å². The van der Waals surface area contributed by atoms with Gasteiger partial charge in [-0.1, -0.05) is 0 Å². The minimum Gasteiger partial charge on any atom is -0.363 e. The number of rotatable bonds is 5. The summed E-state index contributed by atoms with van der Waals surface area (Å²) in [5.41, 5.74) is -1.07. The van der Waals surface area contributed by atoms with Gasteiger partial charge in [0.2, 0.25) is 5.95 Å². The summed E-state index contributed by atoms with van der Waals surface area (Å²) < 4.78 is 61.4. The molecule has 6 nitrogen and oxygen atoms in total. The molecular formula is C12H19F3N4O2S. The maximum Gasteiger partial charge on any atom is 0.433 e. The zero-order valence-electron chi connectivity index (χ0n) is 13.0. The van der Waals surface area contributed by atoms with Gasteiger partial charge in [-0.25, -0.2) is 13.4 Å². The summed E-state index contributed by atoms with van der Waals surface area (Å²) in [6, 6.07) is 0.284. The molecule has 0 N–H and O–H groups in total. The van der Waals surface area contributed by atoms with Crippen LogP contribution in [-0.4, -0.2) is 57.6 Å². The van der Waals surface area contributed by atoms with Crippen molar-refractivity contribution in [3.8, 4) is 0 Å². The average Bonchev–Trinajstić information content (AvgIpc) is 2.34. The number of hydrogen-bond acceptors (Lipinski definition) is 6. The molecule has 0 amide bonds. The van der Waals surface area contributed by atoms with E-state index in [9.17, 15) is 21.6 Å². The average molecular weight is 340 g/mol. The van der Waals surface area contributed by atoms with Gasteiger partial charge in [-0.15, -0.1) is 0 Å². The summed E-state index contributed by atoms with van der Waals surface area (Å²) in [6.07, 6.45) is -3.54. The van der Waals surface area contributed by atoms with Gasteiger partial charge in [-0.05, 0) is 6.92 Å². The molecule has 22 heavy (non-hydrogen) atoms. The van der Waals surface area contributed by atoms with E-state index >= 15 is 0 Å². The van der Waals surface area contributed by atoms with Gasteiger partial charge in [0.15, 0.2) is 5.69 Å². The lowest BCUT2D eigenvalue weighted by Gasteiger charge is -2.26. The quantitative estimate of drug-likeness (QED) is 0.808. The maximum absolute atomic E-state index is 12.9. The van der Waals surface area contributed by atoms with E-state index < -0.39 is 27.7 Å². The first-order valence-corrected chi connectivity index (χ1v) is 8.41. The highest BCUT2D eigenvalue weighted by Gasteiger charge is 2.34. The van der Waals surface area contributed by atoms with Crippen LogP contribution in [0.3, 0.4) is 0 Å². The van der Waals surface area contributed by atoms with Crippen LogP contribution >= 0.6 is 0 Å². The van der Waals surface area contributed by atoms with E-state index in [0.29, 0.717) is 0 Å². The fraction of sp³-hybridized carbons (Fsp3) is 0.667. The maximum atomic E-state index is 12.9. The molecule has 0 aromatic carbocycles. The van der Waals surface area contributed by atoms with Gasteiger partial charge < -0.3 is 9.80 Å². The fourth-order valence-electron chi connectivity index (χ4n) is 1.70. The molecule has 0 saturated carbocycles. The van der Waals surface area contributed by atoms with Crippen LogP contribution in [0.15, 0.2) is 6.07 Å². The number of halogens is 3. The largest absolute Gasteiger partial charge is 0.433 e. The lowest BCUT2D eigenvalue weighted by molar-refractivity contribution is -0.141. The standard InChI is InChI=1S/C12H19F3N4O2S/c1-8(7-22(5,20)21)19(4)11-16-9(12(13,14)15)6-10(17-11)18(2)3/h6,8H,7H2,1-5H3/t8-/m0/s1. The molecule has 0 bridgehead atoms. The van der Waals surface area contributed by atoms with Gasteiger partial charge in [0.05, 0.1) is 5.75 Å². The van der Waals surface area contributed by atoms with Crippen LogP contribution in [0.1, 0.15) is 12.6 Å². The van der Waals surface area contributed by atoms with Gasteiger partial charge in [0.25, 0.3) is 0 Å². The van der Waals surface area contributed by atoms with Crippen LogP contribution in [0.4, 0.5) is 24.9 Å².